The van der Waals surface area contributed by atoms with Crippen molar-refractivity contribution in [1.29, 1.82) is 0 Å². The van der Waals surface area contributed by atoms with Gasteiger partial charge in [-0.05, 0) is 25.5 Å². The summed E-state index contributed by atoms with van der Waals surface area (Å²) in [6.45, 7) is 3.73. The van der Waals surface area contributed by atoms with Crippen LogP contribution in [0.3, 0.4) is 0 Å². The number of aromatic nitrogens is 2. The van der Waals surface area contributed by atoms with Gasteiger partial charge in [-0.3, -0.25) is 4.79 Å². The van der Waals surface area contributed by atoms with Gasteiger partial charge < -0.3 is 14.6 Å². The number of sulfone groups is 1. The molecule has 0 atom stereocenters. The average Bonchev–Trinajstić information content (AvgIpc) is 3.07. The van der Waals surface area contributed by atoms with Crippen LogP contribution in [0.25, 0.3) is 0 Å². The van der Waals surface area contributed by atoms with Gasteiger partial charge in [-0.15, -0.1) is 0 Å². The van der Waals surface area contributed by atoms with Crippen molar-refractivity contribution in [3.8, 4) is 0 Å². The third-order valence-electron chi connectivity index (χ3n) is 3.49. The zero-order valence-electron chi connectivity index (χ0n) is 14.7. The summed E-state index contributed by atoms with van der Waals surface area (Å²) in [6, 6.07) is 8.09. The predicted molar refractivity (Wildman–Crippen MR) is 94.1 cm³/mol. The van der Waals surface area contributed by atoms with Crippen LogP contribution in [0.5, 0.6) is 0 Å². The highest BCUT2D eigenvalue weighted by atomic mass is 32.2. The molecule has 9 heteroatoms. The molecule has 0 saturated heterocycles. The van der Waals surface area contributed by atoms with Crippen molar-refractivity contribution in [3.63, 3.8) is 0 Å². The molecule has 8 nitrogen and oxygen atoms in total. The summed E-state index contributed by atoms with van der Waals surface area (Å²) in [4.78, 5) is 16.0. The van der Waals surface area contributed by atoms with Gasteiger partial charge in [0.2, 0.25) is 11.8 Å². The molecule has 0 aliphatic heterocycles. The molecular formula is C17H23N3O5S. The van der Waals surface area contributed by atoms with Crippen LogP contribution >= 0.6 is 0 Å². The fourth-order valence-corrected chi connectivity index (χ4v) is 3.38. The molecule has 0 radical (unpaired) electrons. The maximum atomic E-state index is 12.3. The number of carbonyl (C=O) groups excluding carboxylic acids is 1. The Hall–Kier alpha value is -2.26. The van der Waals surface area contributed by atoms with Crippen LogP contribution in [0.1, 0.15) is 31.5 Å². The van der Waals surface area contributed by atoms with Crippen molar-refractivity contribution in [1.82, 2.24) is 15.5 Å². The molecule has 2 aromatic rings. The van der Waals surface area contributed by atoms with Gasteiger partial charge in [-0.25, -0.2) is 8.42 Å². The van der Waals surface area contributed by atoms with Crippen LogP contribution < -0.4 is 5.32 Å². The van der Waals surface area contributed by atoms with Crippen molar-refractivity contribution in [2.75, 3.05) is 19.8 Å². The van der Waals surface area contributed by atoms with E-state index in [1.54, 1.807) is 18.2 Å². The van der Waals surface area contributed by atoms with Crippen molar-refractivity contribution >= 4 is 15.7 Å². The molecule has 1 aromatic heterocycles. The van der Waals surface area contributed by atoms with Crippen molar-refractivity contribution in [3.05, 3.63) is 42.0 Å². The Labute approximate surface area is 152 Å². The zero-order valence-corrected chi connectivity index (χ0v) is 15.5. The molecule has 0 fully saturated rings. The highest BCUT2D eigenvalue weighted by Crippen LogP contribution is 2.14. The number of aryl methyl sites for hydroxylation is 1. The molecule has 26 heavy (non-hydrogen) atoms. The number of nitrogens with zero attached hydrogens (tertiary/aromatic N) is 2. The lowest BCUT2D eigenvalue weighted by atomic mass is 10.3. The maximum absolute atomic E-state index is 12.3. The van der Waals surface area contributed by atoms with E-state index in [0.717, 1.165) is 6.42 Å². The van der Waals surface area contributed by atoms with Gasteiger partial charge in [-0.1, -0.05) is 23.4 Å². The van der Waals surface area contributed by atoms with E-state index in [9.17, 15) is 13.2 Å². The smallest absolute Gasteiger partial charge is 0.227 e. The largest absolute Gasteiger partial charge is 0.382 e. The summed E-state index contributed by atoms with van der Waals surface area (Å²) in [7, 11) is -3.53. The first kappa shape index (κ1) is 20.1. The van der Waals surface area contributed by atoms with Crippen molar-refractivity contribution in [2.24, 2.45) is 0 Å². The number of nitrogens with one attached hydrogen (secondary N) is 1. The van der Waals surface area contributed by atoms with E-state index in [4.69, 9.17) is 9.26 Å². The predicted octanol–water partition coefficient (Wildman–Crippen LogP) is 1.52. The molecule has 0 aliphatic carbocycles. The Bertz CT molecular complexity index is 790. The number of amides is 1. The van der Waals surface area contributed by atoms with Gasteiger partial charge in [-0.2, -0.15) is 4.98 Å². The second-order valence-electron chi connectivity index (χ2n) is 5.58. The third kappa shape index (κ3) is 6.57. The van der Waals surface area contributed by atoms with Gasteiger partial charge in [0.15, 0.2) is 15.7 Å². The monoisotopic (exact) mass is 381 g/mol. The quantitative estimate of drug-likeness (QED) is 0.587. The number of hydrogen-bond donors (Lipinski definition) is 1. The molecule has 2 rings (SSSR count). The van der Waals surface area contributed by atoms with Gasteiger partial charge in [0.25, 0.3) is 0 Å². The fourth-order valence-electron chi connectivity index (χ4n) is 2.19. The highest BCUT2D eigenvalue weighted by Gasteiger charge is 2.19. The molecule has 0 saturated carbocycles. The van der Waals surface area contributed by atoms with Gasteiger partial charge in [0, 0.05) is 32.6 Å². The molecule has 142 valence electrons. The Morgan fingerprint density at radius 2 is 2.04 bits per heavy atom. The second-order valence-corrected chi connectivity index (χ2v) is 7.57. The number of rotatable bonds is 11. The number of carbonyl (C=O) groups is 1. The molecule has 0 unspecified atom stereocenters. The van der Waals surface area contributed by atoms with Crippen LogP contribution in [0.4, 0.5) is 0 Å². The molecule has 1 N–H and O–H groups in total. The summed E-state index contributed by atoms with van der Waals surface area (Å²) >= 11 is 0. The fraction of sp³-hybridized carbons (Fsp3) is 0.471. The second kappa shape index (κ2) is 10.0. The Balaban J connectivity index is 1.78. The standard InChI is InChI=1S/C17H23N3O5S/c1-2-24-12-6-11-18-16(21)9-10-17-19-15(20-25-17)13-26(22,23)14-7-4-3-5-8-14/h3-5,7-8H,2,6,9-13H2,1H3,(H,18,21). The average molecular weight is 381 g/mol. The lowest BCUT2D eigenvalue weighted by Gasteiger charge is -2.04. The van der Waals surface area contributed by atoms with Crippen molar-refractivity contribution in [2.45, 2.75) is 36.8 Å². The molecule has 1 amide bonds. The summed E-state index contributed by atoms with van der Waals surface area (Å²) < 4.78 is 34.8. The zero-order chi connectivity index (χ0) is 18.8. The number of hydrogen-bond acceptors (Lipinski definition) is 7. The van der Waals surface area contributed by atoms with E-state index < -0.39 is 9.84 Å². The minimum atomic E-state index is -3.53. The van der Waals surface area contributed by atoms with Crippen LogP contribution in [0.2, 0.25) is 0 Å². The molecule has 0 bridgehead atoms. The summed E-state index contributed by atoms with van der Waals surface area (Å²) in [5, 5.41) is 6.46. The van der Waals surface area contributed by atoms with Crippen LogP contribution in [0, 0.1) is 0 Å². The van der Waals surface area contributed by atoms with E-state index in [1.807, 2.05) is 6.92 Å². The number of ether oxygens (including phenoxy) is 1. The molecule has 1 aromatic carbocycles. The Morgan fingerprint density at radius 1 is 1.27 bits per heavy atom. The Kier molecular flexibility index (Phi) is 7.73. The Morgan fingerprint density at radius 3 is 2.77 bits per heavy atom. The normalized spacial score (nSPS) is 11.4. The van der Waals surface area contributed by atoms with Gasteiger partial charge in [0.1, 0.15) is 5.75 Å². The number of benzene rings is 1. The van der Waals surface area contributed by atoms with Crippen LogP contribution in [-0.2, 0) is 31.5 Å². The first-order chi connectivity index (χ1) is 12.5. The van der Waals surface area contributed by atoms with Gasteiger partial charge >= 0.3 is 0 Å². The van der Waals surface area contributed by atoms with E-state index in [2.05, 4.69) is 15.5 Å². The molecular weight excluding hydrogens is 358 g/mol. The van der Waals surface area contributed by atoms with Crippen LogP contribution in [0.15, 0.2) is 39.8 Å². The van der Waals surface area contributed by atoms with E-state index in [0.29, 0.717) is 19.8 Å². The highest BCUT2D eigenvalue weighted by molar-refractivity contribution is 7.90. The first-order valence-corrected chi connectivity index (χ1v) is 10.1. The van der Waals surface area contributed by atoms with Gasteiger partial charge in [0.05, 0.1) is 4.90 Å². The van der Waals surface area contributed by atoms with E-state index in [1.165, 1.54) is 12.1 Å². The minimum absolute atomic E-state index is 0.0842. The van der Waals surface area contributed by atoms with E-state index in [-0.39, 0.29) is 41.1 Å². The summed E-state index contributed by atoms with van der Waals surface area (Å²) in [6.07, 6.45) is 1.21. The molecule has 1 heterocycles. The summed E-state index contributed by atoms with van der Waals surface area (Å²) in [5.41, 5.74) is 0. The van der Waals surface area contributed by atoms with E-state index >= 15 is 0 Å². The topological polar surface area (TPSA) is 111 Å². The SMILES string of the molecule is CCOCCCNC(=O)CCc1nc(CS(=O)(=O)c2ccccc2)no1. The lowest BCUT2D eigenvalue weighted by molar-refractivity contribution is -0.121. The van der Waals surface area contributed by atoms with Crippen LogP contribution in [-0.4, -0.2) is 44.2 Å². The maximum Gasteiger partial charge on any atom is 0.227 e. The lowest BCUT2D eigenvalue weighted by Crippen LogP contribution is -2.25. The third-order valence-corrected chi connectivity index (χ3v) is 5.12. The first-order valence-electron chi connectivity index (χ1n) is 8.45. The van der Waals surface area contributed by atoms with Crippen molar-refractivity contribution < 1.29 is 22.5 Å². The summed E-state index contributed by atoms with van der Waals surface area (Å²) in [5.74, 6) is -0.142. The minimum Gasteiger partial charge on any atom is -0.382 e. The molecule has 0 spiro atoms. The molecule has 0 aliphatic rings.